The van der Waals surface area contributed by atoms with Crippen molar-refractivity contribution in [2.75, 3.05) is 6.54 Å². The van der Waals surface area contributed by atoms with Crippen LogP contribution in [0, 0.1) is 17.5 Å². The maximum atomic E-state index is 13.9. The lowest BCUT2D eigenvalue weighted by Gasteiger charge is -2.21. The third-order valence-corrected chi connectivity index (χ3v) is 3.82. The molecule has 0 aromatic heterocycles. The molecule has 0 bridgehead atoms. The summed E-state index contributed by atoms with van der Waals surface area (Å²) in [5.41, 5.74) is 1.27. The molecule has 3 rings (SSSR count). The molecular formula is C16H14F3N. The van der Waals surface area contributed by atoms with Crippen molar-refractivity contribution >= 4 is 0 Å². The van der Waals surface area contributed by atoms with Crippen LogP contribution in [0.25, 0.3) is 0 Å². The summed E-state index contributed by atoms with van der Waals surface area (Å²) in [5.74, 6) is -3.01. The summed E-state index contributed by atoms with van der Waals surface area (Å²) in [6.45, 7) is 0.725. The zero-order chi connectivity index (χ0) is 14.1. The van der Waals surface area contributed by atoms with Crippen LogP contribution in [0.5, 0.6) is 0 Å². The van der Waals surface area contributed by atoms with E-state index in [1.165, 1.54) is 0 Å². The Balaban J connectivity index is 1.99. The van der Waals surface area contributed by atoms with Gasteiger partial charge in [0.05, 0.1) is 0 Å². The molecule has 4 heteroatoms. The highest BCUT2D eigenvalue weighted by atomic mass is 19.2. The Kier molecular flexibility index (Phi) is 3.49. The minimum Gasteiger partial charge on any atom is -0.309 e. The molecule has 0 saturated carbocycles. The highest BCUT2D eigenvalue weighted by Crippen LogP contribution is 2.39. The highest BCUT2D eigenvalue weighted by Gasteiger charge is 2.32. The average Bonchev–Trinajstić information content (AvgIpc) is 2.93. The van der Waals surface area contributed by atoms with Gasteiger partial charge in [0.25, 0.3) is 0 Å². The molecule has 0 amide bonds. The molecule has 1 nitrogen and oxygen atoms in total. The van der Waals surface area contributed by atoms with Crippen LogP contribution >= 0.6 is 0 Å². The van der Waals surface area contributed by atoms with Crippen LogP contribution in [0.1, 0.15) is 29.5 Å². The van der Waals surface area contributed by atoms with Crippen molar-refractivity contribution in [1.82, 2.24) is 5.32 Å². The predicted octanol–water partition coefficient (Wildman–Crippen LogP) is 3.92. The number of rotatable bonds is 2. The van der Waals surface area contributed by atoms with Gasteiger partial charge in [-0.25, -0.2) is 13.2 Å². The Morgan fingerprint density at radius 3 is 2.35 bits per heavy atom. The van der Waals surface area contributed by atoms with Crippen LogP contribution in [0.3, 0.4) is 0 Å². The maximum absolute atomic E-state index is 13.9. The Labute approximate surface area is 115 Å². The van der Waals surface area contributed by atoms with Crippen molar-refractivity contribution in [3.63, 3.8) is 0 Å². The van der Waals surface area contributed by atoms with Crippen LogP contribution in [0.2, 0.25) is 0 Å². The third-order valence-electron chi connectivity index (χ3n) is 3.82. The van der Waals surface area contributed by atoms with Crippen LogP contribution in [-0.4, -0.2) is 6.54 Å². The van der Waals surface area contributed by atoms with Crippen LogP contribution < -0.4 is 5.32 Å². The van der Waals surface area contributed by atoms with Crippen LogP contribution in [0.15, 0.2) is 42.5 Å². The molecule has 1 fully saturated rings. The van der Waals surface area contributed by atoms with E-state index in [-0.39, 0.29) is 17.5 Å². The second-order valence-corrected chi connectivity index (χ2v) is 5.03. The highest BCUT2D eigenvalue weighted by molar-refractivity contribution is 5.31. The molecule has 104 valence electrons. The number of halogens is 3. The van der Waals surface area contributed by atoms with Crippen molar-refractivity contribution < 1.29 is 13.2 Å². The molecule has 1 aliphatic heterocycles. The predicted molar refractivity (Wildman–Crippen MR) is 70.9 cm³/mol. The van der Waals surface area contributed by atoms with Crippen molar-refractivity contribution in [3.05, 3.63) is 71.0 Å². The molecule has 2 aromatic carbocycles. The molecule has 0 spiro atoms. The quantitative estimate of drug-likeness (QED) is 0.820. The van der Waals surface area contributed by atoms with E-state index in [1.54, 1.807) is 0 Å². The van der Waals surface area contributed by atoms with E-state index >= 15 is 0 Å². The van der Waals surface area contributed by atoms with E-state index in [4.69, 9.17) is 0 Å². The van der Waals surface area contributed by atoms with Crippen molar-refractivity contribution in [2.24, 2.45) is 0 Å². The average molecular weight is 277 g/mol. The van der Waals surface area contributed by atoms with Crippen molar-refractivity contribution in [3.8, 4) is 0 Å². The summed E-state index contributed by atoms with van der Waals surface area (Å²) in [5, 5.41) is 3.30. The lowest BCUT2D eigenvalue weighted by atomic mass is 9.87. The summed E-state index contributed by atoms with van der Waals surface area (Å²) in [7, 11) is 0. The van der Waals surface area contributed by atoms with Gasteiger partial charge in [0, 0.05) is 18.0 Å². The van der Waals surface area contributed by atoms with Gasteiger partial charge >= 0.3 is 0 Å². The summed E-state index contributed by atoms with van der Waals surface area (Å²) in [6, 6.07) is 11.2. The molecule has 1 saturated heterocycles. The summed E-state index contributed by atoms with van der Waals surface area (Å²) < 4.78 is 40.4. The van der Waals surface area contributed by atoms with E-state index in [9.17, 15) is 13.2 Å². The molecule has 20 heavy (non-hydrogen) atoms. The van der Waals surface area contributed by atoms with E-state index in [1.807, 2.05) is 30.3 Å². The van der Waals surface area contributed by atoms with Gasteiger partial charge in [-0.1, -0.05) is 30.3 Å². The number of nitrogens with one attached hydrogen (secondary N) is 1. The molecule has 2 unspecified atom stereocenters. The fraction of sp³-hybridized carbons (Fsp3) is 0.250. The molecule has 2 atom stereocenters. The normalized spacial score (nSPS) is 22.1. The molecule has 1 N–H and O–H groups in total. The Hall–Kier alpha value is -1.81. The molecule has 1 heterocycles. The van der Waals surface area contributed by atoms with Gasteiger partial charge in [-0.2, -0.15) is 0 Å². The molecule has 0 aliphatic carbocycles. The minimum absolute atomic E-state index is 0.0736. The lowest BCUT2D eigenvalue weighted by Crippen LogP contribution is -2.17. The number of hydrogen-bond donors (Lipinski definition) is 1. The summed E-state index contributed by atoms with van der Waals surface area (Å²) >= 11 is 0. The molecular weight excluding hydrogens is 263 g/mol. The second-order valence-electron chi connectivity index (χ2n) is 5.03. The topological polar surface area (TPSA) is 12.0 Å². The monoisotopic (exact) mass is 277 g/mol. The van der Waals surface area contributed by atoms with Gasteiger partial charge in [-0.05, 0) is 30.2 Å². The number of hydrogen-bond acceptors (Lipinski definition) is 1. The van der Waals surface area contributed by atoms with E-state index < -0.39 is 17.5 Å². The van der Waals surface area contributed by atoms with E-state index in [2.05, 4.69) is 5.32 Å². The zero-order valence-electron chi connectivity index (χ0n) is 10.7. The lowest BCUT2D eigenvalue weighted by molar-refractivity contribution is 0.476. The molecule has 2 aromatic rings. The minimum atomic E-state index is -1.14. The zero-order valence-corrected chi connectivity index (χ0v) is 10.7. The fourth-order valence-corrected chi connectivity index (χ4v) is 2.87. The Morgan fingerprint density at radius 1 is 0.900 bits per heavy atom. The van der Waals surface area contributed by atoms with Gasteiger partial charge in [0.1, 0.15) is 5.82 Å². The first kappa shape index (κ1) is 13.2. The van der Waals surface area contributed by atoms with Gasteiger partial charge in [0.2, 0.25) is 0 Å². The van der Waals surface area contributed by atoms with Gasteiger partial charge in [0.15, 0.2) is 11.6 Å². The number of benzene rings is 2. The molecule has 1 aliphatic rings. The summed E-state index contributed by atoms with van der Waals surface area (Å²) in [4.78, 5) is 0. The van der Waals surface area contributed by atoms with E-state index in [0.29, 0.717) is 12.5 Å². The molecule has 0 radical (unpaired) electrons. The van der Waals surface area contributed by atoms with Gasteiger partial charge < -0.3 is 5.32 Å². The third kappa shape index (κ3) is 2.31. The standard InChI is InChI=1S/C16H14F3N/c17-13-9-15(19)14(18)8-12(13)11-6-7-20-16(11)10-4-2-1-3-5-10/h1-5,8-9,11,16,20H,6-7H2. The first-order valence-corrected chi connectivity index (χ1v) is 6.59. The SMILES string of the molecule is Fc1cc(F)c(C2CCNC2c2ccccc2)cc1F. The van der Waals surface area contributed by atoms with Crippen molar-refractivity contribution in [1.29, 1.82) is 0 Å². The van der Waals surface area contributed by atoms with E-state index in [0.717, 1.165) is 18.2 Å². The fourth-order valence-electron chi connectivity index (χ4n) is 2.87. The summed E-state index contributed by atoms with van der Waals surface area (Å²) in [6.07, 6.45) is 0.696. The first-order valence-electron chi connectivity index (χ1n) is 6.59. The Bertz CT molecular complexity index is 613. The first-order chi connectivity index (χ1) is 9.66. The van der Waals surface area contributed by atoms with Crippen LogP contribution in [-0.2, 0) is 0 Å². The second kappa shape index (κ2) is 5.29. The van der Waals surface area contributed by atoms with Gasteiger partial charge in [-0.15, -0.1) is 0 Å². The van der Waals surface area contributed by atoms with Crippen LogP contribution in [0.4, 0.5) is 13.2 Å². The van der Waals surface area contributed by atoms with Crippen molar-refractivity contribution in [2.45, 2.75) is 18.4 Å². The smallest absolute Gasteiger partial charge is 0.161 e. The maximum Gasteiger partial charge on any atom is 0.161 e. The largest absolute Gasteiger partial charge is 0.309 e. The Morgan fingerprint density at radius 2 is 1.60 bits per heavy atom. The van der Waals surface area contributed by atoms with Gasteiger partial charge in [-0.3, -0.25) is 0 Å².